The van der Waals surface area contributed by atoms with Gasteiger partial charge in [-0.25, -0.2) is 4.79 Å². The second-order valence-electron chi connectivity index (χ2n) is 10.4. The Morgan fingerprint density at radius 3 is 2.37 bits per heavy atom. The number of aromatic nitrogens is 2. The Balaban J connectivity index is 1.40. The number of halogens is 3. The topological polar surface area (TPSA) is 78.5 Å². The molecule has 7 nitrogen and oxygen atoms in total. The highest BCUT2D eigenvalue weighted by molar-refractivity contribution is 5.94. The van der Waals surface area contributed by atoms with Gasteiger partial charge in [-0.15, -0.1) is 0 Å². The number of H-pyrrole nitrogens is 1. The van der Waals surface area contributed by atoms with Crippen molar-refractivity contribution in [1.82, 2.24) is 20.0 Å². The summed E-state index contributed by atoms with van der Waals surface area (Å²) in [4.78, 5) is 28.9. The molecule has 2 aliphatic rings. The summed E-state index contributed by atoms with van der Waals surface area (Å²) < 4.78 is 45.1. The molecule has 0 atom stereocenters. The molecule has 3 heterocycles. The normalized spacial score (nSPS) is 17.3. The molecule has 190 valence electrons. The molecule has 1 fully saturated rings. The lowest BCUT2D eigenvalue weighted by molar-refractivity contribution is -0.137. The molecule has 1 aromatic heterocycles. The van der Waals surface area contributed by atoms with E-state index in [0.717, 1.165) is 17.3 Å². The number of fused-ring (bicyclic) bond motifs is 1. The fourth-order valence-corrected chi connectivity index (χ4v) is 4.76. The predicted octanol–water partition coefficient (Wildman–Crippen LogP) is 5.05. The minimum Gasteiger partial charge on any atom is -0.444 e. The third kappa shape index (κ3) is 5.62. The molecule has 0 saturated carbocycles. The summed E-state index contributed by atoms with van der Waals surface area (Å²) in [6.45, 7) is 8.72. The molecule has 2 aliphatic heterocycles. The standard InChI is InChI=1S/C25H31F3N4O3/c1-15-11-17(13-18(12-15)25(26,27)28)16-5-8-31(9-6-16)22(33)21-19-7-10-32(14-20(19)29-30-21)23(34)35-24(2,3)4/h11-13,16H,5-10,14H2,1-4H3,(H,29,30). The van der Waals surface area contributed by atoms with E-state index in [1.807, 2.05) is 20.8 Å². The molecule has 0 spiro atoms. The van der Waals surface area contributed by atoms with Crippen molar-refractivity contribution in [2.24, 2.45) is 0 Å². The van der Waals surface area contributed by atoms with Crippen molar-refractivity contribution in [2.75, 3.05) is 19.6 Å². The van der Waals surface area contributed by atoms with Crippen LogP contribution in [0.15, 0.2) is 18.2 Å². The van der Waals surface area contributed by atoms with Gasteiger partial charge in [0, 0.05) is 25.2 Å². The maximum atomic E-state index is 13.2. The van der Waals surface area contributed by atoms with Crippen LogP contribution < -0.4 is 0 Å². The largest absolute Gasteiger partial charge is 0.444 e. The van der Waals surface area contributed by atoms with E-state index in [0.29, 0.717) is 62.3 Å². The number of carbonyl (C=O) groups excluding carboxylic acids is 2. The van der Waals surface area contributed by atoms with Gasteiger partial charge in [0.2, 0.25) is 0 Å². The van der Waals surface area contributed by atoms with Gasteiger partial charge >= 0.3 is 12.3 Å². The second-order valence-corrected chi connectivity index (χ2v) is 10.4. The van der Waals surface area contributed by atoms with Gasteiger partial charge in [-0.1, -0.05) is 11.6 Å². The average molecular weight is 493 g/mol. The first-order valence-electron chi connectivity index (χ1n) is 11.8. The predicted molar refractivity (Wildman–Crippen MR) is 123 cm³/mol. The summed E-state index contributed by atoms with van der Waals surface area (Å²) in [5, 5.41) is 7.15. The number of ether oxygens (including phenoxy) is 1. The van der Waals surface area contributed by atoms with Gasteiger partial charge in [0.15, 0.2) is 5.69 Å². The first kappa shape index (κ1) is 25.1. The van der Waals surface area contributed by atoms with E-state index in [9.17, 15) is 22.8 Å². The van der Waals surface area contributed by atoms with Gasteiger partial charge in [0.25, 0.3) is 5.91 Å². The lowest BCUT2D eigenvalue weighted by Crippen LogP contribution is -2.41. The minimum atomic E-state index is -4.38. The van der Waals surface area contributed by atoms with Gasteiger partial charge < -0.3 is 14.5 Å². The summed E-state index contributed by atoms with van der Waals surface area (Å²) in [6, 6.07) is 4.19. The van der Waals surface area contributed by atoms with Crippen LogP contribution in [-0.4, -0.2) is 57.2 Å². The Morgan fingerprint density at radius 2 is 1.74 bits per heavy atom. The molecular formula is C25H31F3N4O3. The molecule has 4 rings (SSSR count). The van der Waals surface area contributed by atoms with Crippen molar-refractivity contribution in [2.45, 2.75) is 71.2 Å². The fraction of sp³-hybridized carbons (Fsp3) is 0.560. The van der Waals surface area contributed by atoms with E-state index in [4.69, 9.17) is 4.74 Å². The second kappa shape index (κ2) is 9.20. The van der Waals surface area contributed by atoms with Gasteiger partial charge in [0.1, 0.15) is 5.60 Å². The summed E-state index contributed by atoms with van der Waals surface area (Å²) in [5.41, 5.74) is 1.92. The number of amides is 2. The molecule has 1 aromatic carbocycles. The van der Waals surface area contributed by atoms with Crippen molar-refractivity contribution in [3.8, 4) is 0 Å². The maximum Gasteiger partial charge on any atom is 0.416 e. The Morgan fingerprint density at radius 1 is 1.06 bits per heavy atom. The van der Waals surface area contributed by atoms with E-state index in [-0.39, 0.29) is 11.8 Å². The number of rotatable bonds is 2. The third-order valence-corrected chi connectivity index (χ3v) is 6.47. The molecule has 0 radical (unpaired) electrons. The highest BCUT2D eigenvalue weighted by Crippen LogP contribution is 2.35. The van der Waals surface area contributed by atoms with Crippen LogP contribution in [0.4, 0.5) is 18.0 Å². The smallest absolute Gasteiger partial charge is 0.416 e. The number of nitrogens with zero attached hydrogens (tertiary/aromatic N) is 3. The number of likely N-dealkylation sites (tertiary alicyclic amines) is 1. The van der Waals surface area contributed by atoms with Crippen LogP contribution in [0.3, 0.4) is 0 Å². The maximum absolute atomic E-state index is 13.2. The number of aromatic amines is 1. The number of piperidine rings is 1. The van der Waals surface area contributed by atoms with Gasteiger partial charge in [-0.3, -0.25) is 9.89 Å². The minimum absolute atomic E-state index is 0.0319. The molecule has 2 amide bonds. The van der Waals surface area contributed by atoms with Crippen molar-refractivity contribution in [1.29, 1.82) is 0 Å². The summed E-state index contributed by atoms with van der Waals surface area (Å²) in [7, 11) is 0. The van der Waals surface area contributed by atoms with Gasteiger partial charge in [-0.2, -0.15) is 18.3 Å². The number of hydrogen-bond donors (Lipinski definition) is 1. The van der Waals surface area contributed by atoms with E-state index < -0.39 is 23.4 Å². The van der Waals surface area contributed by atoms with Crippen LogP contribution in [-0.2, 0) is 23.9 Å². The van der Waals surface area contributed by atoms with E-state index in [1.54, 1.807) is 22.8 Å². The SMILES string of the molecule is Cc1cc(C2CCN(C(=O)c3n[nH]c4c3CCN(C(=O)OC(C)(C)C)C4)CC2)cc(C(F)(F)F)c1. The monoisotopic (exact) mass is 492 g/mol. The van der Waals surface area contributed by atoms with E-state index in [2.05, 4.69) is 10.2 Å². The number of carbonyl (C=O) groups is 2. The number of nitrogens with one attached hydrogen (secondary N) is 1. The van der Waals surface area contributed by atoms with Crippen LogP contribution in [0.5, 0.6) is 0 Å². The van der Waals surface area contributed by atoms with Crippen LogP contribution in [0.2, 0.25) is 0 Å². The fourth-order valence-electron chi connectivity index (χ4n) is 4.76. The lowest BCUT2D eigenvalue weighted by Gasteiger charge is -2.33. The molecular weight excluding hydrogens is 461 g/mol. The zero-order chi connectivity index (χ0) is 25.5. The van der Waals surface area contributed by atoms with Gasteiger partial charge in [0.05, 0.1) is 17.8 Å². The molecule has 2 aromatic rings. The molecule has 1 N–H and O–H groups in total. The summed E-state index contributed by atoms with van der Waals surface area (Å²) in [5.74, 6) is -0.220. The zero-order valence-electron chi connectivity index (χ0n) is 20.5. The highest BCUT2D eigenvalue weighted by atomic mass is 19.4. The molecule has 0 unspecified atom stereocenters. The molecule has 35 heavy (non-hydrogen) atoms. The number of benzene rings is 1. The molecule has 1 saturated heterocycles. The first-order valence-corrected chi connectivity index (χ1v) is 11.8. The van der Waals surface area contributed by atoms with Crippen molar-refractivity contribution < 1.29 is 27.5 Å². The number of hydrogen-bond acceptors (Lipinski definition) is 4. The Hall–Kier alpha value is -3.04. The van der Waals surface area contributed by atoms with Crippen LogP contribution >= 0.6 is 0 Å². The van der Waals surface area contributed by atoms with Crippen molar-refractivity contribution in [3.63, 3.8) is 0 Å². The van der Waals surface area contributed by atoms with Crippen LogP contribution in [0, 0.1) is 6.92 Å². The molecule has 0 bridgehead atoms. The summed E-state index contributed by atoms with van der Waals surface area (Å²) in [6.07, 6.45) is -3.11. The Labute approximate surface area is 202 Å². The highest BCUT2D eigenvalue weighted by Gasteiger charge is 2.34. The van der Waals surface area contributed by atoms with E-state index in [1.165, 1.54) is 6.07 Å². The third-order valence-electron chi connectivity index (χ3n) is 6.47. The van der Waals surface area contributed by atoms with E-state index >= 15 is 0 Å². The number of aryl methyl sites for hydroxylation is 1. The number of alkyl halides is 3. The quantitative estimate of drug-likeness (QED) is 0.637. The van der Waals surface area contributed by atoms with Crippen molar-refractivity contribution >= 4 is 12.0 Å². The molecule has 10 heteroatoms. The first-order chi connectivity index (χ1) is 16.3. The average Bonchev–Trinajstić information content (AvgIpc) is 3.20. The Bertz CT molecular complexity index is 1110. The van der Waals surface area contributed by atoms with Crippen LogP contribution in [0.1, 0.15) is 78.0 Å². The summed E-state index contributed by atoms with van der Waals surface area (Å²) >= 11 is 0. The Kier molecular flexibility index (Phi) is 6.59. The van der Waals surface area contributed by atoms with Crippen LogP contribution in [0.25, 0.3) is 0 Å². The van der Waals surface area contributed by atoms with Gasteiger partial charge in [-0.05, 0) is 70.6 Å². The molecule has 0 aliphatic carbocycles. The lowest BCUT2D eigenvalue weighted by atomic mass is 9.87. The van der Waals surface area contributed by atoms with Crippen molar-refractivity contribution in [3.05, 3.63) is 51.8 Å². The zero-order valence-corrected chi connectivity index (χ0v) is 20.5.